The molecule has 3 fully saturated rings. The van der Waals surface area contributed by atoms with E-state index in [9.17, 15) is 4.57 Å². The van der Waals surface area contributed by atoms with Crippen LogP contribution in [-0.4, -0.2) is 48.9 Å². The predicted octanol–water partition coefficient (Wildman–Crippen LogP) is 3.33. The maximum Gasteiger partial charge on any atom is 0.261 e. The second-order valence-electron chi connectivity index (χ2n) is 9.30. The Morgan fingerprint density at radius 2 is 1.47 bits per heavy atom. The van der Waals surface area contributed by atoms with Gasteiger partial charge < -0.3 is 28.2 Å². The van der Waals surface area contributed by atoms with Crippen LogP contribution in [0.25, 0.3) is 0 Å². The van der Waals surface area contributed by atoms with Gasteiger partial charge >= 0.3 is 0 Å². The van der Waals surface area contributed by atoms with Crippen LogP contribution in [0.5, 0.6) is 0 Å². The van der Waals surface area contributed by atoms with Crippen molar-refractivity contribution < 1.29 is 32.8 Å². The summed E-state index contributed by atoms with van der Waals surface area (Å²) in [6.45, 7) is 7.65. The van der Waals surface area contributed by atoms with Crippen LogP contribution in [0.2, 0.25) is 0 Å². The third kappa shape index (κ3) is 3.86. The van der Waals surface area contributed by atoms with Gasteiger partial charge in [0.05, 0.1) is 6.61 Å². The lowest BCUT2D eigenvalue weighted by atomic mass is 10.1. The molecule has 3 saturated heterocycles. The zero-order valence-corrected chi connectivity index (χ0v) is 19.6. The van der Waals surface area contributed by atoms with Gasteiger partial charge in [-0.1, -0.05) is 36.4 Å². The molecule has 0 N–H and O–H groups in total. The average molecular weight is 460 g/mol. The number of hydrogen-bond donors (Lipinski definition) is 0. The van der Waals surface area contributed by atoms with Crippen LogP contribution in [-0.2, 0) is 32.8 Å². The maximum atomic E-state index is 14.2. The minimum atomic E-state index is -3.36. The van der Waals surface area contributed by atoms with E-state index in [1.54, 1.807) is 0 Å². The van der Waals surface area contributed by atoms with Crippen molar-refractivity contribution in [3.05, 3.63) is 60.7 Å². The molecular formula is C24H29O7P. The van der Waals surface area contributed by atoms with E-state index < -0.39 is 43.0 Å². The third-order valence-electron chi connectivity index (χ3n) is 5.93. The molecular weight excluding hydrogens is 431 g/mol. The maximum absolute atomic E-state index is 14.2. The van der Waals surface area contributed by atoms with Gasteiger partial charge in [-0.05, 0) is 52.0 Å². The minimum absolute atomic E-state index is 0.0488. The van der Waals surface area contributed by atoms with Crippen LogP contribution >= 0.6 is 7.37 Å². The summed E-state index contributed by atoms with van der Waals surface area (Å²) in [5.41, 5.74) is 0. The van der Waals surface area contributed by atoms with Crippen molar-refractivity contribution in [2.75, 3.05) is 13.2 Å². The Balaban J connectivity index is 1.43. The molecule has 32 heavy (non-hydrogen) atoms. The molecule has 5 rings (SSSR count). The van der Waals surface area contributed by atoms with Crippen molar-refractivity contribution in [1.82, 2.24) is 0 Å². The summed E-state index contributed by atoms with van der Waals surface area (Å²) >= 11 is 0. The highest BCUT2D eigenvalue weighted by Gasteiger charge is 2.67. The summed E-state index contributed by atoms with van der Waals surface area (Å²) in [7, 11) is -3.36. The first-order chi connectivity index (χ1) is 15.1. The van der Waals surface area contributed by atoms with Crippen molar-refractivity contribution in [2.24, 2.45) is 0 Å². The molecule has 2 aromatic carbocycles. The van der Waals surface area contributed by atoms with E-state index in [4.69, 9.17) is 28.2 Å². The molecule has 1 spiro atoms. The van der Waals surface area contributed by atoms with Gasteiger partial charge in [-0.2, -0.15) is 0 Å². The lowest BCUT2D eigenvalue weighted by molar-refractivity contribution is -0.297. The van der Waals surface area contributed by atoms with Crippen LogP contribution in [0.1, 0.15) is 27.7 Å². The topological polar surface area (TPSA) is 72.5 Å². The Morgan fingerprint density at radius 3 is 2.00 bits per heavy atom. The second kappa shape index (κ2) is 7.74. The van der Waals surface area contributed by atoms with Crippen molar-refractivity contribution in [3.8, 4) is 0 Å². The smallest absolute Gasteiger partial charge is 0.261 e. The molecule has 3 aliphatic heterocycles. The van der Waals surface area contributed by atoms with Gasteiger partial charge in [0.15, 0.2) is 11.6 Å². The molecule has 0 amide bonds. The van der Waals surface area contributed by atoms with Crippen LogP contribution in [0, 0.1) is 0 Å². The third-order valence-corrected chi connectivity index (χ3v) is 8.40. The summed E-state index contributed by atoms with van der Waals surface area (Å²) in [4.78, 5) is 0. The minimum Gasteiger partial charge on any atom is -0.345 e. The quantitative estimate of drug-likeness (QED) is 0.634. The Bertz CT molecular complexity index is 966. The Labute approximate surface area is 188 Å². The lowest BCUT2D eigenvalue weighted by Crippen LogP contribution is -2.46. The molecule has 4 unspecified atom stereocenters. The number of hydrogen-bond acceptors (Lipinski definition) is 7. The highest BCUT2D eigenvalue weighted by atomic mass is 31.2. The molecule has 172 valence electrons. The number of fused-ring (bicyclic) bond motifs is 2. The van der Waals surface area contributed by atoms with Crippen LogP contribution in [0.3, 0.4) is 0 Å². The molecule has 4 atom stereocenters. The highest BCUT2D eigenvalue weighted by Crippen LogP contribution is 2.51. The molecule has 2 aromatic rings. The number of ether oxygens (including phenoxy) is 5. The molecule has 8 heteroatoms. The van der Waals surface area contributed by atoms with Gasteiger partial charge in [0.2, 0.25) is 5.79 Å². The van der Waals surface area contributed by atoms with Crippen LogP contribution in [0.4, 0.5) is 0 Å². The van der Waals surface area contributed by atoms with E-state index in [0.29, 0.717) is 10.6 Å². The van der Waals surface area contributed by atoms with E-state index >= 15 is 0 Å². The summed E-state index contributed by atoms with van der Waals surface area (Å²) < 4.78 is 51.0. The van der Waals surface area contributed by atoms with Gasteiger partial charge in [0, 0.05) is 10.6 Å². The summed E-state index contributed by atoms with van der Waals surface area (Å²) in [6.07, 6.45) is -1.47. The van der Waals surface area contributed by atoms with Crippen molar-refractivity contribution >= 4 is 18.0 Å². The number of rotatable bonds is 5. The van der Waals surface area contributed by atoms with E-state index in [0.717, 1.165) is 0 Å². The van der Waals surface area contributed by atoms with Crippen molar-refractivity contribution in [1.29, 1.82) is 0 Å². The molecule has 0 radical (unpaired) electrons. The first-order valence-corrected chi connectivity index (χ1v) is 12.5. The zero-order valence-electron chi connectivity index (χ0n) is 18.7. The first kappa shape index (κ1) is 22.2. The average Bonchev–Trinajstić information content (AvgIpc) is 3.36. The predicted molar refractivity (Wildman–Crippen MR) is 118 cm³/mol. The molecule has 0 bridgehead atoms. The normalized spacial score (nSPS) is 32.9. The van der Waals surface area contributed by atoms with E-state index in [2.05, 4.69) is 0 Å². The Morgan fingerprint density at radius 1 is 0.875 bits per heavy atom. The summed E-state index contributed by atoms with van der Waals surface area (Å²) in [5.74, 6) is -2.71. The standard InChI is InChI=1S/C24H29O7P/c1-22(2)26-16-24(31-22)21-20(29-23(3,4)30-21)19(28-24)15-27-32(25,17-11-7-5-8-12-17)18-13-9-6-10-14-18/h5-14,19-21H,15-16H2,1-4H3. The number of benzene rings is 2. The van der Waals surface area contributed by atoms with Gasteiger partial charge in [-0.25, -0.2) is 0 Å². The molecule has 0 saturated carbocycles. The van der Waals surface area contributed by atoms with Gasteiger partial charge in [-0.15, -0.1) is 0 Å². The van der Waals surface area contributed by atoms with Gasteiger partial charge in [0.1, 0.15) is 24.9 Å². The lowest BCUT2D eigenvalue weighted by Gasteiger charge is -2.31. The Kier molecular flexibility index (Phi) is 5.38. The summed E-state index contributed by atoms with van der Waals surface area (Å²) in [6, 6.07) is 18.5. The molecule has 0 aliphatic carbocycles. The molecule has 3 aliphatic rings. The van der Waals surface area contributed by atoms with Crippen molar-refractivity contribution in [3.63, 3.8) is 0 Å². The fourth-order valence-corrected chi connectivity index (χ4v) is 6.68. The van der Waals surface area contributed by atoms with E-state index in [-0.39, 0.29) is 13.2 Å². The largest absolute Gasteiger partial charge is 0.345 e. The fourth-order valence-electron chi connectivity index (χ4n) is 4.59. The Hall–Kier alpha value is -1.57. The highest BCUT2D eigenvalue weighted by molar-refractivity contribution is 7.74. The van der Waals surface area contributed by atoms with Crippen LogP contribution in [0.15, 0.2) is 60.7 Å². The fraction of sp³-hybridized carbons (Fsp3) is 0.500. The zero-order chi connectivity index (χ0) is 22.6. The molecule has 0 aromatic heterocycles. The molecule has 3 heterocycles. The van der Waals surface area contributed by atoms with E-state index in [1.165, 1.54) is 0 Å². The van der Waals surface area contributed by atoms with E-state index in [1.807, 2.05) is 88.4 Å². The molecule has 7 nitrogen and oxygen atoms in total. The second-order valence-corrected chi connectivity index (χ2v) is 11.7. The first-order valence-electron chi connectivity index (χ1n) is 10.9. The van der Waals surface area contributed by atoms with Crippen LogP contribution < -0.4 is 10.6 Å². The summed E-state index contributed by atoms with van der Waals surface area (Å²) in [5, 5.41) is 1.25. The van der Waals surface area contributed by atoms with Crippen molar-refractivity contribution in [2.45, 2.75) is 63.4 Å². The SMILES string of the molecule is CC1(C)OC2C(COP(=O)(c3ccccc3)c3ccccc3)OC3(COC(C)(C)O3)C2O1. The monoisotopic (exact) mass is 460 g/mol. The van der Waals surface area contributed by atoms with Gasteiger partial charge in [0.25, 0.3) is 7.37 Å². The van der Waals surface area contributed by atoms with Gasteiger partial charge in [-0.3, -0.25) is 4.57 Å².